The lowest BCUT2D eigenvalue weighted by Crippen LogP contribution is -2.42. The number of ether oxygens (including phenoxy) is 2. The largest absolute Gasteiger partial charge is 0.465 e. The Kier molecular flexibility index (Phi) is 8.25. The zero-order valence-electron chi connectivity index (χ0n) is 12.4. The Morgan fingerprint density at radius 1 is 1.15 bits per heavy atom. The highest BCUT2D eigenvalue weighted by Crippen LogP contribution is 2.32. The number of Topliss-reactive ketones (excluding diaryl/α,β-unsaturated/α-hetero) is 1. The standard InChI is InChI=1S/C15H22O5/c1-5-8-10-15(11-9-12(4)16,13(17)19-6-2)14(18)20-7-3/h8H,1,6-7,9-11H2,2-4H3. The lowest BCUT2D eigenvalue weighted by molar-refractivity contribution is -0.172. The third-order valence-electron chi connectivity index (χ3n) is 2.83. The molecule has 0 saturated carbocycles. The quantitative estimate of drug-likeness (QED) is 0.368. The van der Waals surface area contributed by atoms with E-state index in [2.05, 4.69) is 12.3 Å². The van der Waals surface area contributed by atoms with Gasteiger partial charge in [-0.2, -0.15) is 0 Å². The number of ketones is 1. The van der Waals surface area contributed by atoms with Crippen LogP contribution >= 0.6 is 0 Å². The van der Waals surface area contributed by atoms with Crippen LogP contribution in [0.2, 0.25) is 0 Å². The van der Waals surface area contributed by atoms with Crippen LogP contribution in [0.5, 0.6) is 0 Å². The van der Waals surface area contributed by atoms with Gasteiger partial charge in [0.2, 0.25) is 0 Å². The third-order valence-corrected chi connectivity index (χ3v) is 2.83. The van der Waals surface area contributed by atoms with Gasteiger partial charge in [0.1, 0.15) is 5.78 Å². The molecule has 0 heterocycles. The fraction of sp³-hybridized carbons (Fsp3) is 0.600. The van der Waals surface area contributed by atoms with E-state index in [1.54, 1.807) is 13.8 Å². The van der Waals surface area contributed by atoms with E-state index in [0.717, 1.165) is 0 Å². The van der Waals surface area contributed by atoms with E-state index in [1.165, 1.54) is 13.0 Å². The van der Waals surface area contributed by atoms with Crippen LogP contribution in [0.3, 0.4) is 0 Å². The predicted molar refractivity (Wildman–Crippen MR) is 73.9 cm³/mol. The molecule has 0 aliphatic rings. The van der Waals surface area contributed by atoms with Gasteiger partial charge in [0, 0.05) is 6.42 Å². The molecule has 0 atom stereocenters. The summed E-state index contributed by atoms with van der Waals surface area (Å²) in [6.07, 6.45) is 1.69. The minimum absolute atomic E-state index is 0.0537. The highest BCUT2D eigenvalue weighted by atomic mass is 16.6. The van der Waals surface area contributed by atoms with Crippen molar-refractivity contribution in [2.75, 3.05) is 13.2 Å². The van der Waals surface area contributed by atoms with Crippen molar-refractivity contribution in [1.29, 1.82) is 0 Å². The molecule has 0 saturated heterocycles. The van der Waals surface area contributed by atoms with Gasteiger partial charge in [-0.1, -0.05) is 6.58 Å². The molecule has 20 heavy (non-hydrogen) atoms. The van der Waals surface area contributed by atoms with E-state index in [1.807, 2.05) is 0 Å². The summed E-state index contributed by atoms with van der Waals surface area (Å²) in [7, 11) is 0. The number of esters is 2. The minimum atomic E-state index is -1.50. The second-order valence-corrected chi connectivity index (χ2v) is 4.34. The van der Waals surface area contributed by atoms with Crippen molar-refractivity contribution in [2.24, 2.45) is 5.41 Å². The third kappa shape index (κ3) is 5.02. The molecule has 0 aliphatic heterocycles. The lowest BCUT2D eigenvalue weighted by atomic mass is 9.79. The molecular weight excluding hydrogens is 260 g/mol. The van der Waals surface area contributed by atoms with Gasteiger partial charge in [-0.05, 0) is 39.7 Å². The molecule has 0 aromatic rings. The summed E-state index contributed by atoms with van der Waals surface area (Å²) in [6, 6.07) is 0. The molecule has 0 bridgehead atoms. The van der Waals surface area contributed by atoms with Gasteiger partial charge in [-0.3, -0.25) is 9.59 Å². The Morgan fingerprint density at radius 3 is 2.00 bits per heavy atom. The summed E-state index contributed by atoms with van der Waals surface area (Å²) in [4.78, 5) is 35.6. The molecule has 0 radical (unpaired) electrons. The molecule has 5 heteroatoms. The first kappa shape index (κ1) is 18.1. The SMILES string of the molecule is C=C=CCC(CCC(C)=O)(C(=O)OCC)C(=O)OCC. The maximum Gasteiger partial charge on any atom is 0.323 e. The highest BCUT2D eigenvalue weighted by molar-refractivity contribution is 6.00. The van der Waals surface area contributed by atoms with Crippen molar-refractivity contribution in [3.8, 4) is 0 Å². The zero-order chi connectivity index (χ0) is 15.6. The van der Waals surface area contributed by atoms with Crippen LogP contribution in [0, 0.1) is 5.41 Å². The number of allylic oxidation sites excluding steroid dienone is 1. The monoisotopic (exact) mass is 282 g/mol. The fourth-order valence-corrected chi connectivity index (χ4v) is 1.73. The second-order valence-electron chi connectivity index (χ2n) is 4.34. The molecule has 112 valence electrons. The smallest absolute Gasteiger partial charge is 0.323 e. The summed E-state index contributed by atoms with van der Waals surface area (Å²) < 4.78 is 9.97. The normalized spacial score (nSPS) is 10.3. The van der Waals surface area contributed by atoms with Crippen LogP contribution in [0.4, 0.5) is 0 Å². The average Bonchev–Trinajstić information content (AvgIpc) is 2.39. The Hall–Kier alpha value is -1.87. The molecule has 0 rings (SSSR count). The van der Waals surface area contributed by atoms with Crippen molar-refractivity contribution in [1.82, 2.24) is 0 Å². The predicted octanol–water partition coefficient (Wildman–Crippen LogP) is 2.20. The first-order valence-corrected chi connectivity index (χ1v) is 6.62. The second kappa shape index (κ2) is 9.10. The van der Waals surface area contributed by atoms with E-state index in [0.29, 0.717) is 0 Å². The zero-order valence-corrected chi connectivity index (χ0v) is 12.4. The molecule has 0 amide bonds. The number of carbonyl (C=O) groups is 3. The van der Waals surface area contributed by atoms with Crippen molar-refractivity contribution >= 4 is 17.7 Å². The van der Waals surface area contributed by atoms with Gasteiger partial charge in [0.05, 0.1) is 13.2 Å². The number of rotatable bonds is 9. The summed E-state index contributed by atoms with van der Waals surface area (Å²) in [5.74, 6) is -1.46. The van der Waals surface area contributed by atoms with Crippen molar-refractivity contribution < 1.29 is 23.9 Å². The van der Waals surface area contributed by atoms with E-state index < -0.39 is 17.4 Å². The molecule has 0 spiro atoms. The van der Waals surface area contributed by atoms with Gasteiger partial charge in [-0.15, -0.1) is 5.73 Å². The summed E-state index contributed by atoms with van der Waals surface area (Å²) in [6.45, 7) is 8.44. The first-order valence-electron chi connectivity index (χ1n) is 6.62. The Balaban J connectivity index is 5.47. The van der Waals surface area contributed by atoms with Gasteiger partial charge in [-0.25, -0.2) is 0 Å². The average molecular weight is 282 g/mol. The van der Waals surface area contributed by atoms with Gasteiger partial charge in [0.15, 0.2) is 5.41 Å². The van der Waals surface area contributed by atoms with Crippen molar-refractivity contribution in [3.05, 3.63) is 18.4 Å². The summed E-state index contributed by atoms with van der Waals surface area (Å²) >= 11 is 0. The van der Waals surface area contributed by atoms with Gasteiger partial charge >= 0.3 is 11.9 Å². The molecule has 0 unspecified atom stereocenters. The van der Waals surface area contributed by atoms with Crippen LogP contribution < -0.4 is 0 Å². The van der Waals surface area contributed by atoms with Crippen molar-refractivity contribution in [2.45, 2.75) is 40.0 Å². The van der Waals surface area contributed by atoms with Gasteiger partial charge in [0.25, 0.3) is 0 Å². The molecule has 0 aromatic heterocycles. The Bertz CT molecular complexity index is 386. The number of hydrogen-bond donors (Lipinski definition) is 0. The number of hydrogen-bond acceptors (Lipinski definition) is 5. The molecule has 0 aromatic carbocycles. The molecule has 0 N–H and O–H groups in total. The molecular formula is C15H22O5. The Labute approximate surface area is 119 Å². The van der Waals surface area contributed by atoms with Crippen LogP contribution in [0.1, 0.15) is 40.0 Å². The lowest BCUT2D eigenvalue weighted by Gasteiger charge is -2.27. The van der Waals surface area contributed by atoms with Crippen molar-refractivity contribution in [3.63, 3.8) is 0 Å². The van der Waals surface area contributed by atoms with Crippen LogP contribution in [-0.4, -0.2) is 30.9 Å². The minimum Gasteiger partial charge on any atom is -0.465 e. The molecule has 5 nitrogen and oxygen atoms in total. The summed E-state index contributed by atoms with van der Waals surface area (Å²) in [5.41, 5.74) is 1.03. The van der Waals surface area contributed by atoms with Gasteiger partial charge < -0.3 is 14.3 Å². The summed E-state index contributed by atoms with van der Waals surface area (Å²) in [5, 5.41) is 0. The maximum absolute atomic E-state index is 12.2. The van der Waals surface area contributed by atoms with Crippen LogP contribution in [0.15, 0.2) is 18.4 Å². The topological polar surface area (TPSA) is 69.7 Å². The first-order chi connectivity index (χ1) is 9.44. The van der Waals surface area contributed by atoms with E-state index in [9.17, 15) is 14.4 Å². The van der Waals surface area contributed by atoms with Crippen LogP contribution in [-0.2, 0) is 23.9 Å². The van der Waals surface area contributed by atoms with E-state index in [4.69, 9.17) is 9.47 Å². The van der Waals surface area contributed by atoms with E-state index in [-0.39, 0.29) is 38.3 Å². The number of carbonyl (C=O) groups excluding carboxylic acids is 3. The fourth-order valence-electron chi connectivity index (χ4n) is 1.73. The highest BCUT2D eigenvalue weighted by Gasteiger charge is 2.47. The molecule has 0 aliphatic carbocycles. The van der Waals surface area contributed by atoms with E-state index >= 15 is 0 Å². The molecule has 0 fully saturated rings. The maximum atomic E-state index is 12.2. The van der Waals surface area contributed by atoms with Crippen LogP contribution in [0.25, 0.3) is 0 Å². The Morgan fingerprint density at radius 2 is 1.65 bits per heavy atom.